The van der Waals surface area contributed by atoms with Gasteiger partial charge in [0.25, 0.3) is 0 Å². The molecule has 2 aliphatic heterocycles. The quantitative estimate of drug-likeness (QED) is 0.642. The Balaban J connectivity index is 1.27. The molecule has 2 aromatic rings. The summed E-state index contributed by atoms with van der Waals surface area (Å²) >= 11 is 12.0. The van der Waals surface area contributed by atoms with Gasteiger partial charge in [0.05, 0.1) is 12.2 Å². The summed E-state index contributed by atoms with van der Waals surface area (Å²) in [5.41, 5.74) is 0.718. The van der Waals surface area contributed by atoms with Crippen molar-refractivity contribution >= 4 is 46.9 Å². The lowest BCUT2D eigenvalue weighted by Crippen LogP contribution is -2.47. The van der Waals surface area contributed by atoms with E-state index in [-0.39, 0.29) is 30.9 Å². The largest absolute Gasteiger partial charge is 0.445 e. The molecule has 1 aromatic carbocycles. The van der Waals surface area contributed by atoms with Gasteiger partial charge in [0.15, 0.2) is 5.82 Å². The number of halogens is 2. The fourth-order valence-electron chi connectivity index (χ4n) is 4.59. The minimum absolute atomic E-state index is 0.00143. The van der Waals surface area contributed by atoms with Crippen LogP contribution in [0.2, 0.25) is 10.0 Å². The molecule has 1 unspecified atom stereocenters. The van der Waals surface area contributed by atoms with Gasteiger partial charge in [0.1, 0.15) is 6.61 Å². The maximum atomic E-state index is 13.0. The summed E-state index contributed by atoms with van der Waals surface area (Å²) in [5.74, 6) is 0.0600. The van der Waals surface area contributed by atoms with Crippen LogP contribution in [0.25, 0.3) is 0 Å². The summed E-state index contributed by atoms with van der Waals surface area (Å²) in [7, 11) is 0. The summed E-state index contributed by atoms with van der Waals surface area (Å²) in [5, 5.41) is 0.968. The van der Waals surface area contributed by atoms with Gasteiger partial charge in [0.2, 0.25) is 11.8 Å². The van der Waals surface area contributed by atoms with Crippen molar-refractivity contribution in [2.45, 2.75) is 38.8 Å². The highest BCUT2D eigenvalue weighted by Gasteiger charge is 2.41. The molecular weight excluding hydrogens is 481 g/mol. The zero-order valence-corrected chi connectivity index (χ0v) is 20.4. The minimum atomic E-state index is -0.409. The van der Waals surface area contributed by atoms with Gasteiger partial charge in [-0.15, -0.1) is 0 Å². The number of anilines is 1. The number of H-pyrrole nitrogens is 1. The molecule has 4 rings (SSSR count). The third-order valence-corrected chi connectivity index (χ3v) is 6.73. The molecule has 1 N–H and O–H groups in total. The number of imidazole rings is 1. The first kappa shape index (κ1) is 24.3. The highest BCUT2D eigenvalue weighted by molar-refractivity contribution is 6.34. The number of hydrogen-bond acceptors (Lipinski definition) is 5. The molecule has 34 heavy (non-hydrogen) atoms. The Morgan fingerprint density at radius 3 is 2.53 bits per heavy atom. The number of rotatable bonds is 6. The van der Waals surface area contributed by atoms with Crippen molar-refractivity contribution in [3.05, 3.63) is 46.3 Å². The average Bonchev–Trinajstić information content (AvgIpc) is 3.47. The van der Waals surface area contributed by atoms with Crippen LogP contribution in [0.15, 0.2) is 30.7 Å². The van der Waals surface area contributed by atoms with E-state index in [2.05, 4.69) is 9.97 Å². The average molecular weight is 508 g/mol. The number of piperidine rings is 1. The van der Waals surface area contributed by atoms with Crippen molar-refractivity contribution in [2.24, 2.45) is 5.92 Å². The van der Waals surface area contributed by atoms with E-state index < -0.39 is 12.0 Å². The van der Waals surface area contributed by atoms with Crippen LogP contribution in [0.1, 0.15) is 31.7 Å². The Labute approximate surface area is 207 Å². The lowest BCUT2D eigenvalue weighted by Gasteiger charge is -2.36. The van der Waals surface area contributed by atoms with Crippen LogP contribution in [-0.2, 0) is 20.9 Å². The van der Waals surface area contributed by atoms with Crippen LogP contribution in [0.3, 0.4) is 0 Å². The number of ether oxygens (including phenoxy) is 1. The van der Waals surface area contributed by atoms with Gasteiger partial charge < -0.3 is 19.5 Å². The van der Waals surface area contributed by atoms with E-state index in [1.807, 2.05) is 6.92 Å². The van der Waals surface area contributed by atoms with Crippen molar-refractivity contribution in [1.82, 2.24) is 19.8 Å². The van der Waals surface area contributed by atoms with Crippen LogP contribution in [-0.4, -0.2) is 69.9 Å². The standard InChI is InChI=1S/C23H27Cl2N5O4/c1-2-29(20-11-26-14-27-20)22(32)16-9-21(31)30(12-16)19-3-5-28(6-4-19)23(33)34-13-15-7-17(24)10-18(25)8-15/h7-8,10-11,14,16,19H,2-6,9,12-13H2,1H3,(H,26,27). The summed E-state index contributed by atoms with van der Waals surface area (Å²) < 4.78 is 5.41. The number of hydrogen-bond donors (Lipinski definition) is 1. The van der Waals surface area contributed by atoms with E-state index >= 15 is 0 Å². The second-order valence-corrected chi connectivity index (χ2v) is 9.38. The highest BCUT2D eigenvalue weighted by atomic mass is 35.5. The van der Waals surface area contributed by atoms with Crippen molar-refractivity contribution in [3.63, 3.8) is 0 Å². The number of carbonyl (C=O) groups is 3. The lowest BCUT2D eigenvalue weighted by molar-refractivity contribution is -0.130. The normalized spacial score (nSPS) is 18.9. The van der Waals surface area contributed by atoms with Crippen molar-refractivity contribution in [3.8, 4) is 0 Å². The molecule has 0 spiro atoms. The maximum Gasteiger partial charge on any atom is 0.410 e. The zero-order chi connectivity index (χ0) is 24.2. The molecular formula is C23H27Cl2N5O4. The molecule has 0 bridgehead atoms. The summed E-state index contributed by atoms with van der Waals surface area (Å²) in [6, 6.07) is 5.03. The SMILES string of the molecule is CCN(C(=O)C1CC(=O)N(C2CCN(C(=O)OCc3cc(Cl)cc(Cl)c3)CC2)C1)c1c[nH]cn1. The maximum absolute atomic E-state index is 13.0. The van der Waals surface area contributed by atoms with Gasteiger partial charge in [-0.25, -0.2) is 9.78 Å². The van der Waals surface area contributed by atoms with E-state index in [9.17, 15) is 14.4 Å². The Hall–Kier alpha value is -2.78. The Bertz CT molecular complexity index is 1020. The zero-order valence-electron chi connectivity index (χ0n) is 18.9. The molecule has 2 saturated heterocycles. The number of aromatic nitrogens is 2. The van der Waals surface area contributed by atoms with Crippen molar-refractivity contribution in [1.29, 1.82) is 0 Å². The number of likely N-dealkylation sites (tertiary alicyclic amines) is 2. The van der Waals surface area contributed by atoms with Crippen LogP contribution < -0.4 is 4.90 Å². The minimum Gasteiger partial charge on any atom is -0.445 e. The van der Waals surface area contributed by atoms with Gasteiger partial charge in [-0.3, -0.25) is 14.5 Å². The monoisotopic (exact) mass is 507 g/mol. The molecule has 3 amide bonds. The van der Waals surface area contributed by atoms with Gasteiger partial charge in [-0.1, -0.05) is 23.2 Å². The summed E-state index contributed by atoms with van der Waals surface area (Å²) in [6.07, 6.45) is 4.27. The Kier molecular flexibility index (Phi) is 7.63. The third-order valence-electron chi connectivity index (χ3n) is 6.30. The lowest BCUT2D eigenvalue weighted by atomic mass is 10.0. The number of nitrogens with zero attached hydrogens (tertiary/aromatic N) is 4. The first-order chi connectivity index (χ1) is 16.4. The highest BCUT2D eigenvalue weighted by Crippen LogP contribution is 2.28. The second kappa shape index (κ2) is 10.7. The van der Waals surface area contributed by atoms with E-state index in [4.69, 9.17) is 27.9 Å². The molecule has 0 radical (unpaired) electrons. The molecule has 0 saturated carbocycles. The van der Waals surface area contributed by atoms with Gasteiger partial charge in [0, 0.05) is 54.9 Å². The van der Waals surface area contributed by atoms with E-state index in [0.29, 0.717) is 54.9 Å². The van der Waals surface area contributed by atoms with Crippen LogP contribution in [0.4, 0.5) is 10.6 Å². The van der Waals surface area contributed by atoms with Crippen LogP contribution >= 0.6 is 23.2 Å². The van der Waals surface area contributed by atoms with Gasteiger partial charge in [-0.2, -0.15) is 0 Å². The van der Waals surface area contributed by atoms with E-state index in [1.54, 1.807) is 39.1 Å². The number of aromatic amines is 1. The molecule has 9 nitrogen and oxygen atoms in total. The van der Waals surface area contributed by atoms with Gasteiger partial charge in [-0.05, 0) is 43.5 Å². The first-order valence-corrected chi connectivity index (χ1v) is 12.1. The molecule has 182 valence electrons. The van der Waals surface area contributed by atoms with Gasteiger partial charge >= 0.3 is 6.09 Å². The second-order valence-electron chi connectivity index (χ2n) is 8.51. The van der Waals surface area contributed by atoms with Crippen molar-refractivity contribution in [2.75, 3.05) is 31.1 Å². The van der Waals surface area contributed by atoms with E-state index in [0.717, 1.165) is 5.56 Å². The Morgan fingerprint density at radius 1 is 1.21 bits per heavy atom. The number of amides is 3. The predicted molar refractivity (Wildman–Crippen MR) is 128 cm³/mol. The summed E-state index contributed by atoms with van der Waals surface area (Å²) in [6.45, 7) is 3.81. The number of carbonyl (C=O) groups excluding carboxylic acids is 3. The fraction of sp³-hybridized carbons (Fsp3) is 0.478. The summed E-state index contributed by atoms with van der Waals surface area (Å²) in [4.78, 5) is 50.3. The smallest absolute Gasteiger partial charge is 0.410 e. The molecule has 11 heteroatoms. The first-order valence-electron chi connectivity index (χ1n) is 11.3. The number of benzene rings is 1. The predicted octanol–water partition coefficient (Wildman–Crippen LogP) is 3.72. The topological polar surface area (TPSA) is 98.8 Å². The molecule has 1 aromatic heterocycles. The molecule has 0 aliphatic carbocycles. The van der Waals surface area contributed by atoms with E-state index in [1.165, 1.54) is 6.33 Å². The Morgan fingerprint density at radius 2 is 1.91 bits per heavy atom. The van der Waals surface area contributed by atoms with Crippen LogP contribution in [0, 0.1) is 5.92 Å². The number of nitrogens with one attached hydrogen (secondary N) is 1. The molecule has 2 aliphatic rings. The molecule has 1 atom stereocenters. The third kappa shape index (κ3) is 5.47. The molecule has 3 heterocycles. The fourth-order valence-corrected chi connectivity index (χ4v) is 5.16. The van der Waals surface area contributed by atoms with Crippen LogP contribution in [0.5, 0.6) is 0 Å². The molecule has 2 fully saturated rings. The van der Waals surface area contributed by atoms with Crippen molar-refractivity contribution < 1.29 is 19.1 Å².